The molecule has 0 amide bonds. The van der Waals surface area contributed by atoms with Crippen molar-refractivity contribution in [3.05, 3.63) is 54.7 Å². The maximum atomic E-state index is 14.5. The summed E-state index contributed by atoms with van der Waals surface area (Å²) < 4.78 is 22.5. The number of ether oxygens (including phenoxy) is 1. The summed E-state index contributed by atoms with van der Waals surface area (Å²) in [5.41, 5.74) is 2.16. The highest BCUT2D eigenvalue weighted by molar-refractivity contribution is 5.86. The molecule has 1 aliphatic rings. The van der Waals surface area contributed by atoms with E-state index in [2.05, 4.69) is 15.5 Å². The number of benzene rings is 1. The molecular weight excluding hydrogens is 357 g/mol. The maximum Gasteiger partial charge on any atom is 0.187 e. The van der Waals surface area contributed by atoms with Gasteiger partial charge >= 0.3 is 0 Å². The highest BCUT2D eigenvalue weighted by Crippen LogP contribution is 2.29. The second kappa shape index (κ2) is 7.16. The topological polar surface area (TPSA) is 64.3 Å². The Morgan fingerprint density at radius 3 is 2.89 bits per heavy atom. The average molecular weight is 377 g/mol. The SMILES string of the molecule is F[C@H]1CCNCC[C@@H]1Oc1cccc2ccc(-c3nnc4ccccn34)nc12. The van der Waals surface area contributed by atoms with Crippen LogP contribution in [0.25, 0.3) is 28.1 Å². The summed E-state index contributed by atoms with van der Waals surface area (Å²) in [4.78, 5) is 4.80. The molecule has 1 saturated heterocycles. The predicted octanol–water partition coefficient (Wildman–Crippen LogP) is 3.41. The summed E-state index contributed by atoms with van der Waals surface area (Å²) in [5, 5.41) is 12.6. The summed E-state index contributed by atoms with van der Waals surface area (Å²) in [6.07, 6.45) is 1.53. The molecule has 0 aliphatic carbocycles. The van der Waals surface area contributed by atoms with Crippen molar-refractivity contribution in [1.29, 1.82) is 0 Å². The standard InChI is InChI=1S/C21H20FN5O/c22-15-9-11-23-12-10-17(15)28-18-5-3-4-14-7-8-16(24-20(14)18)21-26-25-19-6-1-2-13-27(19)21/h1-8,13,15,17,23H,9-12H2/t15-,17-/m0/s1. The number of para-hydroxylation sites is 1. The quantitative estimate of drug-likeness (QED) is 0.593. The molecule has 0 radical (unpaired) electrons. The van der Waals surface area contributed by atoms with Crippen LogP contribution in [0.15, 0.2) is 54.7 Å². The van der Waals surface area contributed by atoms with Gasteiger partial charge in [-0.3, -0.25) is 4.40 Å². The van der Waals surface area contributed by atoms with Gasteiger partial charge in [0.25, 0.3) is 0 Å². The minimum absolute atomic E-state index is 0.458. The van der Waals surface area contributed by atoms with Crippen molar-refractivity contribution in [2.24, 2.45) is 0 Å². The fourth-order valence-electron chi connectivity index (χ4n) is 3.63. The number of pyridine rings is 2. The van der Waals surface area contributed by atoms with E-state index in [1.807, 2.05) is 59.1 Å². The minimum atomic E-state index is -0.992. The molecule has 0 spiro atoms. The molecular formula is C21H20FN5O. The Labute approximate surface area is 161 Å². The van der Waals surface area contributed by atoms with Crippen LogP contribution in [-0.2, 0) is 0 Å². The largest absolute Gasteiger partial charge is 0.485 e. The first-order chi connectivity index (χ1) is 13.8. The van der Waals surface area contributed by atoms with Gasteiger partial charge in [-0.25, -0.2) is 9.37 Å². The van der Waals surface area contributed by atoms with Crippen LogP contribution in [0, 0.1) is 0 Å². The predicted molar refractivity (Wildman–Crippen MR) is 105 cm³/mol. The van der Waals surface area contributed by atoms with E-state index in [9.17, 15) is 4.39 Å². The van der Waals surface area contributed by atoms with Crippen LogP contribution in [0.4, 0.5) is 4.39 Å². The number of nitrogens with one attached hydrogen (secondary N) is 1. The summed E-state index contributed by atoms with van der Waals surface area (Å²) in [6, 6.07) is 15.4. The Bertz CT molecular complexity index is 1130. The van der Waals surface area contributed by atoms with E-state index >= 15 is 0 Å². The molecule has 0 bridgehead atoms. The molecule has 28 heavy (non-hydrogen) atoms. The van der Waals surface area contributed by atoms with Crippen molar-refractivity contribution in [3.63, 3.8) is 0 Å². The highest BCUT2D eigenvalue weighted by atomic mass is 19.1. The van der Waals surface area contributed by atoms with Crippen LogP contribution >= 0.6 is 0 Å². The van der Waals surface area contributed by atoms with Crippen LogP contribution in [-0.4, -0.2) is 44.9 Å². The molecule has 1 aliphatic heterocycles. The summed E-state index contributed by atoms with van der Waals surface area (Å²) in [5.74, 6) is 1.26. The summed E-state index contributed by atoms with van der Waals surface area (Å²) >= 11 is 0. The summed E-state index contributed by atoms with van der Waals surface area (Å²) in [6.45, 7) is 1.43. The zero-order valence-electron chi connectivity index (χ0n) is 15.3. The normalized spacial score (nSPS) is 20.3. The second-order valence-electron chi connectivity index (χ2n) is 6.98. The molecule has 1 N–H and O–H groups in total. The zero-order chi connectivity index (χ0) is 18.9. The number of hydrogen-bond acceptors (Lipinski definition) is 5. The van der Waals surface area contributed by atoms with E-state index in [4.69, 9.17) is 9.72 Å². The lowest BCUT2D eigenvalue weighted by atomic mass is 10.1. The third-order valence-electron chi connectivity index (χ3n) is 5.11. The van der Waals surface area contributed by atoms with E-state index in [0.717, 1.165) is 17.6 Å². The lowest BCUT2D eigenvalue weighted by molar-refractivity contribution is 0.0983. The number of hydrogen-bond donors (Lipinski definition) is 1. The van der Waals surface area contributed by atoms with Crippen molar-refractivity contribution in [2.75, 3.05) is 13.1 Å². The van der Waals surface area contributed by atoms with Gasteiger partial charge in [0.15, 0.2) is 11.5 Å². The van der Waals surface area contributed by atoms with Crippen molar-refractivity contribution < 1.29 is 9.13 Å². The van der Waals surface area contributed by atoms with Crippen molar-refractivity contribution in [1.82, 2.24) is 24.9 Å². The Balaban J connectivity index is 1.56. The van der Waals surface area contributed by atoms with Crippen molar-refractivity contribution in [3.8, 4) is 17.3 Å². The zero-order valence-corrected chi connectivity index (χ0v) is 15.3. The Hall–Kier alpha value is -3.06. The van der Waals surface area contributed by atoms with E-state index in [-0.39, 0.29) is 0 Å². The minimum Gasteiger partial charge on any atom is -0.485 e. The van der Waals surface area contributed by atoms with Crippen LogP contribution in [0.3, 0.4) is 0 Å². The number of nitrogens with zero attached hydrogens (tertiary/aromatic N) is 4. The van der Waals surface area contributed by atoms with E-state index < -0.39 is 12.3 Å². The van der Waals surface area contributed by atoms with Gasteiger partial charge in [0.05, 0.1) is 0 Å². The molecule has 1 fully saturated rings. The van der Waals surface area contributed by atoms with Gasteiger partial charge in [-0.1, -0.05) is 24.3 Å². The number of fused-ring (bicyclic) bond motifs is 2. The molecule has 2 atom stereocenters. The lowest BCUT2D eigenvalue weighted by Crippen LogP contribution is -2.28. The first kappa shape index (κ1) is 17.1. The lowest BCUT2D eigenvalue weighted by Gasteiger charge is -2.21. The Kier molecular flexibility index (Phi) is 4.37. The smallest absolute Gasteiger partial charge is 0.187 e. The maximum absolute atomic E-state index is 14.5. The van der Waals surface area contributed by atoms with E-state index in [0.29, 0.717) is 42.2 Å². The van der Waals surface area contributed by atoms with E-state index in [1.165, 1.54) is 0 Å². The first-order valence-electron chi connectivity index (χ1n) is 9.51. The number of rotatable bonds is 3. The first-order valence-corrected chi connectivity index (χ1v) is 9.51. The van der Waals surface area contributed by atoms with Crippen molar-refractivity contribution in [2.45, 2.75) is 25.1 Å². The Morgan fingerprint density at radius 1 is 1.00 bits per heavy atom. The van der Waals surface area contributed by atoms with Gasteiger partial charge in [-0.2, -0.15) is 0 Å². The molecule has 6 nitrogen and oxygen atoms in total. The molecule has 0 unspecified atom stereocenters. The number of alkyl halides is 1. The van der Waals surface area contributed by atoms with Gasteiger partial charge in [-0.05, 0) is 50.2 Å². The number of aromatic nitrogens is 4. The third-order valence-corrected chi connectivity index (χ3v) is 5.11. The van der Waals surface area contributed by atoms with Crippen LogP contribution in [0.5, 0.6) is 5.75 Å². The fraction of sp³-hybridized carbons (Fsp3) is 0.286. The molecule has 5 rings (SSSR count). The van der Waals surface area contributed by atoms with Crippen LogP contribution < -0.4 is 10.1 Å². The molecule has 142 valence electrons. The van der Waals surface area contributed by atoms with Crippen LogP contribution in [0.2, 0.25) is 0 Å². The molecule has 7 heteroatoms. The molecule has 1 aromatic carbocycles. The van der Waals surface area contributed by atoms with Gasteiger partial charge in [0, 0.05) is 11.6 Å². The van der Waals surface area contributed by atoms with Gasteiger partial charge < -0.3 is 10.1 Å². The van der Waals surface area contributed by atoms with Gasteiger partial charge in [-0.15, -0.1) is 10.2 Å². The monoisotopic (exact) mass is 377 g/mol. The average Bonchev–Trinajstić information content (AvgIpc) is 3.06. The van der Waals surface area contributed by atoms with Gasteiger partial charge in [0.1, 0.15) is 29.2 Å². The van der Waals surface area contributed by atoms with E-state index in [1.54, 1.807) is 0 Å². The van der Waals surface area contributed by atoms with Crippen LogP contribution in [0.1, 0.15) is 12.8 Å². The molecule has 3 aromatic heterocycles. The second-order valence-corrected chi connectivity index (χ2v) is 6.98. The third kappa shape index (κ3) is 3.07. The number of halogens is 1. The molecule has 4 heterocycles. The Morgan fingerprint density at radius 2 is 1.93 bits per heavy atom. The summed E-state index contributed by atoms with van der Waals surface area (Å²) in [7, 11) is 0. The van der Waals surface area contributed by atoms with Crippen molar-refractivity contribution >= 4 is 16.6 Å². The fourth-order valence-corrected chi connectivity index (χ4v) is 3.63. The highest BCUT2D eigenvalue weighted by Gasteiger charge is 2.25. The molecule has 0 saturated carbocycles. The molecule has 4 aromatic rings. The van der Waals surface area contributed by atoms with Gasteiger partial charge in [0.2, 0.25) is 0 Å².